The van der Waals surface area contributed by atoms with Crippen molar-refractivity contribution in [2.45, 2.75) is 13.0 Å². The van der Waals surface area contributed by atoms with Gasteiger partial charge in [-0.2, -0.15) is 0 Å². The highest BCUT2D eigenvalue weighted by Crippen LogP contribution is 2.39. The number of nitrogens with zero attached hydrogens (tertiary/aromatic N) is 1. The lowest BCUT2D eigenvalue weighted by molar-refractivity contribution is 0.0663. The third-order valence-electron chi connectivity index (χ3n) is 5.19. The van der Waals surface area contributed by atoms with E-state index in [1.54, 1.807) is 31.3 Å². The van der Waals surface area contributed by atoms with E-state index in [9.17, 15) is 9.59 Å². The molecule has 1 aliphatic rings. The van der Waals surface area contributed by atoms with Gasteiger partial charge in [0.05, 0.1) is 30.7 Å². The summed E-state index contributed by atoms with van der Waals surface area (Å²) < 4.78 is 16.4. The van der Waals surface area contributed by atoms with Gasteiger partial charge >= 0.3 is 0 Å². The van der Waals surface area contributed by atoms with E-state index in [4.69, 9.17) is 25.5 Å². The standard InChI is InChI=1S/C22H20ClNO5/c1-12-9-17-15(11-16(12)23)20(25)18-19(13-5-4-6-14(10-13)28-3)24(7-8-27-2)22(26)21(18)29-17/h4-6,9-11,19H,7-8H2,1-3H3. The lowest BCUT2D eigenvalue weighted by Crippen LogP contribution is -2.32. The van der Waals surface area contributed by atoms with Crippen LogP contribution in [0.5, 0.6) is 5.75 Å². The predicted molar refractivity (Wildman–Crippen MR) is 110 cm³/mol. The van der Waals surface area contributed by atoms with E-state index in [1.165, 1.54) is 0 Å². The van der Waals surface area contributed by atoms with Crippen LogP contribution >= 0.6 is 11.6 Å². The minimum Gasteiger partial charge on any atom is -0.497 e. The Morgan fingerprint density at radius 2 is 1.97 bits per heavy atom. The Morgan fingerprint density at radius 1 is 1.17 bits per heavy atom. The topological polar surface area (TPSA) is 69.0 Å². The minimum atomic E-state index is -0.594. The highest BCUT2D eigenvalue weighted by Gasteiger charge is 2.42. The smallest absolute Gasteiger partial charge is 0.290 e. The van der Waals surface area contributed by atoms with Gasteiger partial charge in [-0.25, -0.2) is 0 Å². The van der Waals surface area contributed by atoms with Crippen molar-refractivity contribution in [2.24, 2.45) is 0 Å². The van der Waals surface area contributed by atoms with Crippen molar-refractivity contribution in [3.63, 3.8) is 0 Å². The average Bonchev–Trinajstić information content (AvgIpc) is 3.00. The molecule has 6 nitrogen and oxygen atoms in total. The lowest BCUT2D eigenvalue weighted by Gasteiger charge is -2.25. The number of hydrogen-bond acceptors (Lipinski definition) is 5. The van der Waals surface area contributed by atoms with Gasteiger partial charge in [0.1, 0.15) is 11.3 Å². The fourth-order valence-electron chi connectivity index (χ4n) is 3.72. The molecular weight excluding hydrogens is 394 g/mol. The number of fused-ring (bicyclic) bond motifs is 2. The van der Waals surface area contributed by atoms with Crippen LogP contribution in [0.4, 0.5) is 0 Å². The molecular formula is C22H20ClNO5. The Balaban J connectivity index is 1.98. The number of carbonyl (C=O) groups excluding carboxylic acids is 1. The van der Waals surface area contributed by atoms with E-state index in [0.717, 1.165) is 11.1 Å². The van der Waals surface area contributed by atoms with E-state index in [1.807, 2.05) is 31.2 Å². The fourth-order valence-corrected chi connectivity index (χ4v) is 3.88. The van der Waals surface area contributed by atoms with Crippen LogP contribution in [-0.4, -0.2) is 38.2 Å². The summed E-state index contributed by atoms with van der Waals surface area (Å²) in [6.45, 7) is 2.47. The Bertz CT molecular complexity index is 1170. The Kier molecular flexibility index (Phi) is 5.06. The van der Waals surface area contributed by atoms with E-state index < -0.39 is 6.04 Å². The van der Waals surface area contributed by atoms with Crippen molar-refractivity contribution >= 4 is 28.5 Å². The lowest BCUT2D eigenvalue weighted by atomic mass is 9.98. The molecule has 3 aromatic rings. The van der Waals surface area contributed by atoms with Crippen LogP contribution < -0.4 is 10.2 Å². The molecule has 150 valence electrons. The van der Waals surface area contributed by atoms with Gasteiger partial charge in [0.2, 0.25) is 5.76 Å². The molecule has 0 saturated carbocycles. The number of carbonyl (C=O) groups is 1. The highest BCUT2D eigenvalue weighted by atomic mass is 35.5. The van der Waals surface area contributed by atoms with Gasteiger partial charge < -0.3 is 18.8 Å². The van der Waals surface area contributed by atoms with Gasteiger partial charge in [-0.1, -0.05) is 23.7 Å². The molecule has 0 saturated heterocycles. The van der Waals surface area contributed by atoms with Gasteiger partial charge in [0, 0.05) is 18.7 Å². The van der Waals surface area contributed by atoms with Crippen molar-refractivity contribution in [3.8, 4) is 5.75 Å². The Labute approximate surface area is 172 Å². The number of halogens is 1. The Hall–Kier alpha value is -2.83. The number of hydrogen-bond donors (Lipinski definition) is 0. The molecule has 1 aliphatic heterocycles. The molecule has 1 atom stereocenters. The van der Waals surface area contributed by atoms with Gasteiger partial charge in [0.15, 0.2) is 5.43 Å². The normalized spacial score (nSPS) is 15.8. The molecule has 0 radical (unpaired) electrons. The van der Waals surface area contributed by atoms with E-state index in [0.29, 0.717) is 40.5 Å². The highest BCUT2D eigenvalue weighted by molar-refractivity contribution is 6.32. The third kappa shape index (κ3) is 3.18. The average molecular weight is 414 g/mol. The van der Waals surface area contributed by atoms with E-state index in [2.05, 4.69) is 0 Å². The number of rotatable bonds is 5. The van der Waals surface area contributed by atoms with Gasteiger partial charge in [0.25, 0.3) is 5.91 Å². The van der Waals surface area contributed by atoms with Crippen molar-refractivity contribution in [2.75, 3.05) is 27.4 Å². The summed E-state index contributed by atoms with van der Waals surface area (Å²) in [4.78, 5) is 28.2. The molecule has 1 unspecified atom stereocenters. The molecule has 7 heteroatoms. The molecule has 29 heavy (non-hydrogen) atoms. The fraction of sp³-hybridized carbons (Fsp3) is 0.273. The molecule has 0 aliphatic carbocycles. The maximum atomic E-state index is 13.4. The molecule has 1 aromatic heterocycles. The number of ether oxygens (including phenoxy) is 2. The Morgan fingerprint density at radius 3 is 2.69 bits per heavy atom. The van der Waals surface area contributed by atoms with Crippen molar-refractivity contribution < 1.29 is 18.7 Å². The molecule has 0 bridgehead atoms. The van der Waals surface area contributed by atoms with E-state index >= 15 is 0 Å². The largest absolute Gasteiger partial charge is 0.497 e. The molecule has 4 rings (SSSR count). The van der Waals surface area contributed by atoms with Crippen LogP contribution in [0.25, 0.3) is 11.0 Å². The number of amides is 1. The molecule has 0 fully saturated rings. The first-order valence-corrected chi connectivity index (χ1v) is 9.54. The summed E-state index contributed by atoms with van der Waals surface area (Å²) in [7, 11) is 3.14. The molecule has 0 spiro atoms. The molecule has 1 amide bonds. The quantitative estimate of drug-likeness (QED) is 0.633. The number of methoxy groups -OCH3 is 2. The van der Waals surface area contributed by atoms with Crippen molar-refractivity contribution in [3.05, 3.63) is 74.1 Å². The molecule has 2 aromatic carbocycles. The van der Waals surface area contributed by atoms with Crippen LogP contribution in [0.1, 0.15) is 33.3 Å². The van der Waals surface area contributed by atoms with Crippen molar-refractivity contribution in [1.82, 2.24) is 4.90 Å². The van der Waals surface area contributed by atoms with Crippen LogP contribution in [0.2, 0.25) is 5.02 Å². The van der Waals surface area contributed by atoms with Gasteiger partial charge in [-0.05, 0) is 42.3 Å². The first-order chi connectivity index (χ1) is 14.0. The van der Waals surface area contributed by atoms with Crippen LogP contribution in [-0.2, 0) is 4.74 Å². The number of benzene rings is 2. The summed E-state index contributed by atoms with van der Waals surface area (Å²) in [5, 5.41) is 0.830. The van der Waals surface area contributed by atoms with Crippen LogP contribution in [0.3, 0.4) is 0 Å². The van der Waals surface area contributed by atoms with Crippen LogP contribution in [0.15, 0.2) is 45.6 Å². The van der Waals surface area contributed by atoms with Gasteiger partial charge in [-0.15, -0.1) is 0 Å². The SMILES string of the molecule is COCCN1C(=O)c2oc3cc(C)c(Cl)cc3c(=O)c2C1c1cccc(OC)c1. The first-order valence-electron chi connectivity index (χ1n) is 9.17. The molecule has 2 heterocycles. The predicted octanol–water partition coefficient (Wildman–Crippen LogP) is 3.96. The summed E-state index contributed by atoms with van der Waals surface area (Å²) in [5.41, 5.74) is 1.93. The third-order valence-corrected chi connectivity index (χ3v) is 5.60. The maximum absolute atomic E-state index is 13.4. The van der Waals surface area contributed by atoms with E-state index in [-0.39, 0.29) is 17.1 Å². The summed E-state index contributed by atoms with van der Waals surface area (Å²) >= 11 is 6.24. The summed E-state index contributed by atoms with van der Waals surface area (Å²) in [5.74, 6) is 0.364. The molecule has 0 N–H and O–H groups in total. The van der Waals surface area contributed by atoms with Gasteiger partial charge in [-0.3, -0.25) is 9.59 Å². The van der Waals surface area contributed by atoms with Crippen molar-refractivity contribution in [1.29, 1.82) is 0 Å². The van der Waals surface area contributed by atoms with Crippen LogP contribution in [0, 0.1) is 6.92 Å². The second kappa shape index (κ2) is 7.54. The number of aryl methyl sites for hydroxylation is 1. The summed E-state index contributed by atoms with van der Waals surface area (Å²) in [6, 6.07) is 10.0. The maximum Gasteiger partial charge on any atom is 0.290 e. The monoisotopic (exact) mass is 413 g/mol. The minimum absolute atomic E-state index is 0.0631. The zero-order chi connectivity index (χ0) is 20.7. The summed E-state index contributed by atoms with van der Waals surface area (Å²) in [6.07, 6.45) is 0. The second-order valence-corrected chi connectivity index (χ2v) is 7.35. The second-order valence-electron chi connectivity index (χ2n) is 6.94. The zero-order valence-corrected chi connectivity index (χ0v) is 17.1. The zero-order valence-electron chi connectivity index (χ0n) is 16.3. The first kappa shape index (κ1) is 19.5.